The Labute approximate surface area is 129 Å². The first kappa shape index (κ1) is 15.3. The highest BCUT2D eigenvalue weighted by Gasteiger charge is 2.47. The Morgan fingerprint density at radius 3 is 2.62 bits per heavy atom. The molecule has 2 amide bonds. The van der Waals surface area contributed by atoms with Crippen molar-refractivity contribution in [3.05, 3.63) is 0 Å². The smallest absolute Gasteiger partial charge is 0.317 e. The summed E-state index contributed by atoms with van der Waals surface area (Å²) in [5.41, 5.74) is -0.435. The third kappa shape index (κ3) is 3.42. The van der Waals surface area contributed by atoms with Gasteiger partial charge in [0.2, 0.25) is 0 Å². The van der Waals surface area contributed by atoms with E-state index >= 15 is 0 Å². The van der Waals surface area contributed by atoms with Crippen molar-refractivity contribution in [2.45, 2.75) is 63.2 Å². The van der Waals surface area contributed by atoms with Crippen LogP contribution in [-0.2, 0) is 15.5 Å². The van der Waals surface area contributed by atoms with E-state index in [0.717, 1.165) is 19.3 Å². The Balaban J connectivity index is 1.65. The number of nitrogens with one attached hydrogen (secondary N) is 1. The summed E-state index contributed by atoms with van der Waals surface area (Å²) in [5, 5.41) is 3.06. The Morgan fingerprint density at radius 1 is 1.29 bits per heavy atom. The van der Waals surface area contributed by atoms with Crippen LogP contribution in [0.4, 0.5) is 4.79 Å². The number of amides is 2. The third-order valence-electron chi connectivity index (χ3n) is 4.75. The van der Waals surface area contributed by atoms with E-state index in [2.05, 4.69) is 19.2 Å². The van der Waals surface area contributed by atoms with Gasteiger partial charge < -0.3 is 15.0 Å². The number of urea groups is 1. The SMILES string of the molecule is CC1(C)CN(C(=O)N[C@H]2CC[S@](=O)C2)CC2(CCCC2)O1. The van der Waals surface area contributed by atoms with Gasteiger partial charge in [-0.15, -0.1) is 0 Å². The molecule has 2 atom stereocenters. The summed E-state index contributed by atoms with van der Waals surface area (Å²) < 4.78 is 17.8. The summed E-state index contributed by atoms with van der Waals surface area (Å²) in [6, 6.07) is 0.0605. The molecule has 3 rings (SSSR count). The zero-order chi connectivity index (χ0) is 15.1. The van der Waals surface area contributed by atoms with Gasteiger partial charge in [-0.1, -0.05) is 12.8 Å². The normalized spacial score (nSPS) is 34.3. The van der Waals surface area contributed by atoms with Crippen molar-refractivity contribution in [2.75, 3.05) is 24.6 Å². The molecule has 1 aliphatic carbocycles. The molecule has 1 spiro atoms. The van der Waals surface area contributed by atoms with Gasteiger partial charge in [-0.2, -0.15) is 0 Å². The van der Waals surface area contributed by atoms with Crippen molar-refractivity contribution in [2.24, 2.45) is 0 Å². The van der Waals surface area contributed by atoms with E-state index < -0.39 is 10.8 Å². The maximum atomic E-state index is 12.5. The predicted octanol–water partition coefficient (Wildman–Crippen LogP) is 1.64. The van der Waals surface area contributed by atoms with E-state index in [9.17, 15) is 9.00 Å². The van der Waals surface area contributed by atoms with Gasteiger partial charge in [-0.25, -0.2) is 4.79 Å². The van der Waals surface area contributed by atoms with Gasteiger partial charge in [0, 0.05) is 28.3 Å². The monoisotopic (exact) mass is 314 g/mol. The molecule has 2 saturated heterocycles. The Morgan fingerprint density at radius 2 is 2.00 bits per heavy atom. The van der Waals surface area contributed by atoms with E-state index in [0.29, 0.717) is 24.6 Å². The van der Waals surface area contributed by atoms with Crippen LogP contribution < -0.4 is 5.32 Å². The lowest BCUT2D eigenvalue weighted by Crippen LogP contribution is -2.62. The van der Waals surface area contributed by atoms with Crippen LogP contribution in [-0.4, -0.2) is 57.0 Å². The molecule has 0 aromatic heterocycles. The number of nitrogens with zero attached hydrogens (tertiary/aromatic N) is 1. The second kappa shape index (κ2) is 5.54. The summed E-state index contributed by atoms with van der Waals surface area (Å²) in [4.78, 5) is 14.5. The molecule has 3 aliphatic rings. The van der Waals surface area contributed by atoms with Crippen LogP contribution >= 0.6 is 0 Å². The van der Waals surface area contributed by atoms with Gasteiger partial charge in [0.1, 0.15) is 0 Å². The van der Waals surface area contributed by atoms with Crippen LogP contribution in [0.1, 0.15) is 46.0 Å². The summed E-state index contributed by atoms with van der Waals surface area (Å²) in [6.07, 6.45) is 5.30. The first-order chi connectivity index (χ1) is 9.88. The highest BCUT2D eigenvalue weighted by atomic mass is 32.2. The van der Waals surface area contributed by atoms with Crippen LogP contribution in [0.3, 0.4) is 0 Å². The summed E-state index contributed by atoms with van der Waals surface area (Å²) >= 11 is 0. The van der Waals surface area contributed by atoms with Crippen LogP contribution in [0.5, 0.6) is 0 Å². The molecule has 21 heavy (non-hydrogen) atoms. The van der Waals surface area contributed by atoms with Crippen LogP contribution in [0.15, 0.2) is 0 Å². The molecule has 1 saturated carbocycles. The largest absolute Gasteiger partial charge is 0.365 e. The molecule has 2 heterocycles. The molecule has 0 unspecified atom stereocenters. The Kier molecular flexibility index (Phi) is 4.03. The molecular formula is C15H26N2O3S. The lowest BCUT2D eigenvalue weighted by molar-refractivity contribution is -0.184. The lowest BCUT2D eigenvalue weighted by atomic mass is 9.94. The van der Waals surface area contributed by atoms with Gasteiger partial charge in [-0.05, 0) is 33.1 Å². The molecule has 0 aromatic carbocycles. The lowest BCUT2D eigenvalue weighted by Gasteiger charge is -2.48. The highest BCUT2D eigenvalue weighted by Crippen LogP contribution is 2.40. The predicted molar refractivity (Wildman–Crippen MR) is 82.7 cm³/mol. The van der Waals surface area contributed by atoms with Crippen LogP contribution in [0, 0.1) is 0 Å². The van der Waals surface area contributed by atoms with Crippen molar-refractivity contribution in [3.63, 3.8) is 0 Å². The van der Waals surface area contributed by atoms with Gasteiger partial charge in [-0.3, -0.25) is 4.21 Å². The van der Waals surface area contributed by atoms with E-state index in [-0.39, 0.29) is 23.3 Å². The summed E-state index contributed by atoms with van der Waals surface area (Å²) in [6.45, 7) is 5.45. The minimum atomic E-state index is -0.756. The number of hydrogen-bond donors (Lipinski definition) is 1. The van der Waals surface area contributed by atoms with Gasteiger partial charge in [0.25, 0.3) is 0 Å². The van der Waals surface area contributed by atoms with Crippen molar-refractivity contribution in [1.82, 2.24) is 10.2 Å². The minimum absolute atomic E-state index is 0.0125. The standard InChI is InChI=1S/C15H26N2O3S/c1-14(2)10-17(11-15(20-14)6-3-4-7-15)13(18)16-12-5-8-21(19)9-12/h12H,3-11H2,1-2H3,(H,16,18)/t12-,21-/m0/s1. The molecule has 3 fully saturated rings. The van der Waals surface area contributed by atoms with Gasteiger partial charge in [0.05, 0.1) is 24.3 Å². The Bertz CT molecular complexity index is 446. The topological polar surface area (TPSA) is 58.6 Å². The maximum absolute atomic E-state index is 12.5. The van der Waals surface area contributed by atoms with Crippen molar-refractivity contribution < 1.29 is 13.7 Å². The fourth-order valence-corrected chi connectivity index (χ4v) is 5.39. The molecule has 0 bridgehead atoms. The van der Waals surface area contributed by atoms with E-state index in [1.54, 1.807) is 0 Å². The molecular weight excluding hydrogens is 288 g/mol. The first-order valence-electron chi connectivity index (χ1n) is 7.98. The molecule has 120 valence electrons. The number of ether oxygens (including phenoxy) is 1. The first-order valence-corrected chi connectivity index (χ1v) is 9.47. The van der Waals surface area contributed by atoms with Crippen molar-refractivity contribution in [1.29, 1.82) is 0 Å². The second-order valence-corrected chi connectivity index (χ2v) is 8.97. The second-order valence-electron chi connectivity index (χ2n) is 7.35. The zero-order valence-corrected chi connectivity index (χ0v) is 13.8. The molecule has 0 radical (unpaired) electrons. The number of carbonyl (C=O) groups excluding carboxylic acids is 1. The average Bonchev–Trinajstić information content (AvgIpc) is 2.97. The quantitative estimate of drug-likeness (QED) is 0.800. The van der Waals surface area contributed by atoms with E-state index in [1.807, 2.05) is 4.90 Å². The van der Waals surface area contributed by atoms with Gasteiger partial charge in [0.15, 0.2) is 0 Å². The fraction of sp³-hybridized carbons (Fsp3) is 0.933. The fourth-order valence-electron chi connectivity index (χ4n) is 3.98. The molecule has 6 heteroatoms. The third-order valence-corrected chi connectivity index (χ3v) is 6.22. The number of hydrogen-bond acceptors (Lipinski definition) is 3. The number of morpholine rings is 1. The van der Waals surface area contributed by atoms with E-state index in [1.165, 1.54) is 12.8 Å². The maximum Gasteiger partial charge on any atom is 0.317 e. The van der Waals surface area contributed by atoms with E-state index in [4.69, 9.17) is 4.74 Å². The highest BCUT2D eigenvalue weighted by molar-refractivity contribution is 7.85. The zero-order valence-electron chi connectivity index (χ0n) is 13.0. The average molecular weight is 314 g/mol. The van der Waals surface area contributed by atoms with Crippen LogP contribution in [0.2, 0.25) is 0 Å². The van der Waals surface area contributed by atoms with Crippen molar-refractivity contribution in [3.8, 4) is 0 Å². The Hall–Kier alpha value is -0.620. The number of rotatable bonds is 1. The van der Waals surface area contributed by atoms with Gasteiger partial charge >= 0.3 is 6.03 Å². The van der Waals surface area contributed by atoms with Crippen molar-refractivity contribution >= 4 is 16.8 Å². The molecule has 0 aromatic rings. The van der Waals surface area contributed by atoms with Crippen LogP contribution in [0.25, 0.3) is 0 Å². The molecule has 1 N–H and O–H groups in total. The summed E-state index contributed by atoms with van der Waals surface area (Å²) in [7, 11) is -0.756. The molecule has 5 nitrogen and oxygen atoms in total. The number of carbonyl (C=O) groups is 1. The molecule has 2 aliphatic heterocycles. The minimum Gasteiger partial charge on any atom is -0.365 e. The summed E-state index contributed by atoms with van der Waals surface area (Å²) in [5.74, 6) is 1.31.